The Bertz CT molecular complexity index is 924. The summed E-state index contributed by atoms with van der Waals surface area (Å²) in [5.74, 6) is 0.118. The van der Waals surface area contributed by atoms with Crippen LogP contribution in [-0.2, 0) is 14.8 Å². The molecule has 2 heterocycles. The molecule has 0 aliphatic carbocycles. The van der Waals surface area contributed by atoms with Gasteiger partial charge in [0.05, 0.1) is 16.8 Å². The van der Waals surface area contributed by atoms with Crippen LogP contribution in [0.4, 0.5) is 11.4 Å². The summed E-state index contributed by atoms with van der Waals surface area (Å²) < 4.78 is 28.2. The highest BCUT2D eigenvalue weighted by Gasteiger charge is 2.23. The van der Waals surface area contributed by atoms with Crippen LogP contribution in [0, 0.1) is 12.8 Å². The number of amides is 1. The largest absolute Gasteiger partial charge is 0.370 e. The van der Waals surface area contributed by atoms with Crippen LogP contribution in [0.2, 0.25) is 0 Å². The van der Waals surface area contributed by atoms with E-state index in [-0.39, 0.29) is 10.8 Å². The number of anilines is 2. The van der Waals surface area contributed by atoms with E-state index in [1.165, 1.54) is 13.0 Å². The molecule has 0 bridgehead atoms. The van der Waals surface area contributed by atoms with E-state index in [0.29, 0.717) is 23.7 Å². The minimum Gasteiger partial charge on any atom is -0.370 e. The van der Waals surface area contributed by atoms with Crippen LogP contribution in [0.3, 0.4) is 0 Å². The minimum atomic E-state index is -3.59. The highest BCUT2D eigenvalue weighted by Crippen LogP contribution is 2.23. The number of nitrogens with zero attached hydrogens (tertiary/aromatic N) is 2. The molecule has 0 atom stereocenters. The molecule has 1 aromatic carbocycles. The van der Waals surface area contributed by atoms with Gasteiger partial charge in [0.1, 0.15) is 0 Å². The fourth-order valence-electron chi connectivity index (χ4n) is 3.47. The lowest BCUT2D eigenvalue weighted by atomic mass is 9.97. The number of nitrogens with one attached hydrogen (secondary N) is 2. The van der Waals surface area contributed by atoms with Crippen LogP contribution < -0.4 is 14.9 Å². The van der Waals surface area contributed by atoms with Crippen molar-refractivity contribution in [2.75, 3.05) is 29.9 Å². The van der Waals surface area contributed by atoms with E-state index < -0.39 is 10.0 Å². The van der Waals surface area contributed by atoms with Crippen molar-refractivity contribution >= 4 is 27.3 Å². The number of piperidine rings is 1. The Labute approximate surface area is 166 Å². The number of rotatable bonds is 6. The first-order chi connectivity index (χ1) is 13.3. The van der Waals surface area contributed by atoms with Gasteiger partial charge in [0, 0.05) is 38.4 Å². The van der Waals surface area contributed by atoms with Crippen LogP contribution in [0.25, 0.3) is 0 Å². The summed E-state index contributed by atoms with van der Waals surface area (Å²) in [4.78, 5) is 17.8. The molecule has 0 radical (unpaired) electrons. The summed E-state index contributed by atoms with van der Waals surface area (Å²) in [5, 5.41) is 2.66. The number of hydrogen-bond acceptors (Lipinski definition) is 5. The van der Waals surface area contributed by atoms with Gasteiger partial charge in [0.2, 0.25) is 15.9 Å². The number of benzene rings is 1. The number of hydrogen-bond donors (Lipinski definition) is 2. The van der Waals surface area contributed by atoms with Gasteiger partial charge in [-0.3, -0.25) is 9.78 Å². The molecule has 2 N–H and O–H groups in total. The van der Waals surface area contributed by atoms with Gasteiger partial charge in [0.15, 0.2) is 0 Å². The maximum absolute atomic E-state index is 12.7. The highest BCUT2D eigenvalue weighted by atomic mass is 32.2. The van der Waals surface area contributed by atoms with E-state index in [0.717, 1.165) is 31.6 Å². The molecule has 3 rings (SSSR count). The Morgan fingerprint density at radius 3 is 2.61 bits per heavy atom. The average Bonchev–Trinajstić information content (AvgIpc) is 2.67. The van der Waals surface area contributed by atoms with Gasteiger partial charge in [-0.1, -0.05) is 0 Å². The van der Waals surface area contributed by atoms with Crippen molar-refractivity contribution in [1.82, 2.24) is 9.71 Å². The number of carbonyl (C=O) groups excluding carboxylic acids is 1. The van der Waals surface area contributed by atoms with Crippen molar-refractivity contribution in [1.29, 1.82) is 0 Å². The predicted octanol–water partition coefficient (Wildman–Crippen LogP) is 2.54. The Morgan fingerprint density at radius 2 is 2.00 bits per heavy atom. The topological polar surface area (TPSA) is 91.4 Å². The van der Waals surface area contributed by atoms with Gasteiger partial charge in [-0.15, -0.1) is 0 Å². The Morgan fingerprint density at radius 1 is 1.25 bits per heavy atom. The monoisotopic (exact) mass is 402 g/mol. The molecule has 150 valence electrons. The van der Waals surface area contributed by atoms with E-state index in [9.17, 15) is 13.2 Å². The normalized spacial score (nSPS) is 15.4. The molecule has 1 amide bonds. The highest BCUT2D eigenvalue weighted by molar-refractivity contribution is 7.89. The van der Waals surface area contributed by atoms with Crippen LogP contribution in [0.1, 0.15) is 25.3 Å². The van der Waals surface area contributed by atoms with Crippen LogP contribution in [-0.4, -0.2) is 38.9 Å². The first-order valence-electron chi connectivity index (χ1n) is 9.38. The van der Waals surface area contributed by atoms with Crippen molar-refractivity contribution < 1.29 is 13.2 Å². The number of aromatic nitrogens is 1. The fraction of sp³-hybridized carbons (Fsp3) is 0.400. The molecule has 0 unspecified atom stereocenters. The third-order valence-electron chi connectivity index (χ3n) is 4.97. The number of aryl methyl sites for hydroxylation is 1. The second kappa shape index (κ2) is 8.70. The Hall–Kier alpha value is -2.45. The van der Waals surface area contributed by atoms with Gasteiger partial charge in [0.25, 0.3) is 0 Å². The maximum Gasteiger partial charge on any atom is 0.240 e. The van der Waals surface area contributed by atoms with Gasteiger partial charge < -0.3 is 10.2 Å². The van der Waals surface area contributed by atoms with E-state index in [1.807, 2.05) is 18.3 Å². The molecule has 2 aromatic rings. The van der Waals surface area contributed by atoms with Crippen molar-refractivity contribution in [2.24, 2.45) is 5.92 Å². The lowest BCUT2D eigenvalue weighted by Crippen LogP contribution is -2.38. The zero-order valence-corrected chi connectivity index (χ0v) is 17.0. The molecule has 8 heteroatoms. The lowest BCUT2D eigenvalue weighted by Gasteiger charge is -2.33. The average molecular weight is 403 g/mol. The quantitative estimate of drug-likeness (QED) is 0.775. The molecule has 1 aliphatic rings. The predicted molar refractivity (Wildman–Crippen MR) is 110 cm³/mol. The smallest absolute Gasteiger partial charge is 0.240 e. The van der Waals surface area contributed by atoms with Gasteiger partial charge in [-0.05, 0) is 61.6 Å². The molecular weight excluding hydrogens is 376 g/mol. The standard InChI is InChI=1S/C20H26N4O3S/c1-15-12-18(23-16(2)25)5-6-20(15)28(26,27)22-13-17-7-10-24(11-8-17)19-4-3-9-21-14-19/h3-6,9,12,14,17,22H,7-8,10-11,13H2,1-2H3,(H,23,25). The molecule has 0 spiro atoms. The summed E-state index contributed by atoms with van der Waals surface area (Å²) in [6.07, 6.45) is 5.47. The molecule has 28 heavy (non-hydrogen) atoms. The van der Waals surface area contributed by atoms with E-state index in [4.69, 9.17) is 0 Å². The summed E-state index contributed by atoms with van der Waals surface area (Å²) in [6, 6.07) is 8.78. The van der Waals surface area contributed by atoms with Crippen LogP contribution >= 0.6 is 0 Å². The summed E-state index contributed by atoms with van der Waals surface area (Å²) in [6.45, 7) is 5.36. The van der Waals surface area contributed by atoms with Crippen molar-refractivity contribution in [3.8, 4) is 0 Å². The molecule has 1 aromatic heterocycles. The third-order valence-corrected chi connectivity index (χ3v) is 6.56. The minimum absolute atomic E-state index is 0.189. The molecule has 1 fully saturated rings. The summed E-state index contributed by atoms with van der Waals surface area (Å²) in [7, 11) is -3.59. The summed E-state index contributed by atoms with van der Waals surface area (Å²) >= 11 is 0. The van der Waals surface area contributed by atoms with Crippen LogP contribution in [0.5, 0.6) is 0 Å². The third kappa shape index (κ3) is 5.08. The van der Waals surface area contributed by atoms with Gasteiger partial charge >= 0.3 is 0 Å². The lowest BCUT2D eigenvalue weighted by molar-refractivity contribution is -0.114. The van der Waals surface area contributed by atoms with E-state index in [1.54, 1.807) is 25.3 Å². The maximum atomic E-state index is 12.7. The van der Waals surface area contributed by atoms with Crippen molar-refractivity contribution in [2.45, 2.75) is 31.6 Å². The first kappa shape index (κ1) is 20.3. The number of sulfonamides is 1. The molecule has 7 nitrogen and oxygen atoms in total. The van der Waals surface area contributed by atoms with Gasteiger partial charge in [-0.25, -0.2) is 13.1 Å². The van der Waals surface area contributed by atoms with Crippen molar-refractivity contribution in [3.05, 3.63) is 48.3 Å². The second-order valence-electron chi connectivity index (χ2n) is 7.16. The number of pyridine rings is 1. The van der Waals surface area contributed by atoms with E-state index in [2.05, 4.69) is 19.9 Å². The van der Waals surface area contributed by atoms with Crippen LogP contribution in [0.15, 0.2) is 47.6 Å². The molecule has 0 saturated carbocycles. The van der Waals surface area contributed by atoms with Crippen molar-refractivity contribution in [3.63, 3.8) is 0 Å². The zero-order valence-electron chi connectivity index (χ0n) is 16.2. The van der Waals surface area contributed by atoms with E-state index >= 15 is 0 Å². The Kier molecular flexibility index (Phi) is 6.31. The second-order valence-corrected chi connectivity index (χ2v) is 8.89. The summed E-state index contributed by atoms with van der Waals surface area (Å²) in [5.41, 5.74) is 2.30. The molecule has 1 aliphatic heterocycles. The molecular formula is C20H26N4O3S. The van der Waals surface area contributed by atoms with Gasteiger partial charge in [-0.2, -0.15) is 0 Å². The number of carbonyl (C=O) groups is 1. The SMILES string of the molecule is CC(=O)Nc1ccc(S(=O)(=O)NCC2CCN(c3cccnc3)CC2)c(C)c1. The Balaban J connectivity index is 1.56. The zero-order chi connectivity index (χ0) is 20.1. The fourth-order valence-corrected chi connectivity index (χ4v) is 4.81. The first-order valence-corrected chi connectivity index (χ1v) is 10.9. The molecule has 1 saturated heterocycles.